The minimum absolute atomic E-state index is 0.200. The first-order valence-electron chi connectivity index (χ1n) is 6.29. The number of hydrogen-bond donors (Lipinski definition) is 3. The number of rotatable bonds is 6. The Labute approximate surface area is 112 Å². The smallest absolute Gasteiger partial charge is 0.326 e. The van der Waals surface area contributed by atoms with E-state index >= 15 is 0 Å². The number of carbonyl (C=O) groups excluding carboxylic acids is 1. The summed E-state index contributed by atoms with van der Waals surface area (Å²) in [6.45, 7) is 5.80. The number of carbonyl (C=O) groups is 2. The number of aromatic nitrogens is 2. The van der Waals surface area contributed by atoms with E-state index in [1.54, 1.807) is 16.9 Å². The summed E-state index contributed by atoms with van der Waals surface area (Å²) in [5, 5.41) is 18.0. The summed E-state index contributed by atoms with van der Waals surface area (Å²) in [4.78, 5) is 22.6. The van der Waals surface area contributed by atoms with Crippen molar-refractivity contribution in [3.8, 4) is 0 Å². The van der Waals surface area contributed by atoms with Crippen LogP contribution in [0.2, 0.25) is 0 Å². The number of nitrogens with one attached hydrogen (secondary N) is 2. The predicted molar refractivity (Wildman–Crippen MR) is 71.1 cm³/mol. The molecule has 1 aromatic rings. The van der Waals surface area contributed by atoms with Crippen molar-refractivity contribution >= 4 is 17.8 Å². The third-order valence-electron chi connectivity index (χ3n) is 2.56. The maximum Gasteiger partial charge on any atom is 0.326 e. The van der Waals surface area contributed by atoms with Gasteiger partial charge in [0.2, 0.25) is 0 Å². The zero-order valence-corrected chi connectivity index (χ0v) is 11.4. The van der Waals surface area contributed by atoms with Gasteiger partial charge in [-0.3, -0.25) is 10.00 Å². The van der Waals surface area contributed by atoms with Crippen molar-refractivity contribution in [3.63, 3.8) is 0 Å². The fourth-order valence-corrected chi connectivity index (χ4v) is 1.55. The van der Waals surface area contributed by atoms with E-state index < -0.39 is 18.0 Å². The molecule has 0 spiro atoms. The van der Waals surface area contributed by atoms with E-state index in [9.17, 15) is 9.59 Å². The fraction of sp³-hybridized carbons (Fsp3) is 0.583. The number of hydrogen-bond acceptors (Lipinski definition) is 3. The molecule has 7 heteroatoms. The van der Waals surface area contributed by atoms with Gasteiger partial charge in [-0.25, -0.2) is 9.59 Å². The van der Waals surface area contributed by atoms with Crippen LogP contribution in [0, 0.1) is 0 Å². The second-order valence-electron chi connectivity index (χ2n) is 4.55. The van der Waals surface area contributed by atoms with Gasteiger partial charge in [0.15, 0.2) is 5.82 Å². The molecule has 2 amide bonds. The molecule has 19 heavy (non-hydrogen) atoms. The van der Waals surface area contributed by atoms with Gasteiger partial charge in [-0.1, -0.05) is 13.3 Å². The van der Waals surface area contributed by atoms with Gasteiger partial charge in [-0.2, -0.15) is 5.10 Å². The zero-order chi connectivity index (χ0) is 14.4. The van der Waals surface area contributed by atoms with Gasteiger partial charge in [0.1, 0.15) is 6.04 Å². The molecule has 1 rings (SSSR count). The standard InChI is InChI=1S/C12H20N4O3/c1-4-5-9(11(17)18)13-12(19)14-10-6-7-16(15-10)8(2)3/h6-9H,4-5H2,1-3H3,(H,17,18)(H2,13,14,15,19)/t9-/m0/s1. The Balaban J connectivity index is 2.56. The van der Waals surface area contributed by atoms with E-state index in [0.717, 1.165) is 0 Å². The van der Waals surface area contributed by atoms with Gasteiger partial charge >= 0.3 is 12.0 Å². The molecule has 0 radical (unpaired) electrons. The van der Waals surface area contributed by atoms with Crippen LogP contribution in [-0.4, -0.2) is 32.9 Å². The summed E-state index contributed by atoms with van der Waals surface area (Å²) in [6, 6.07) is 0.423. The van der Waals surface area contributed by atoms with Gasteiger partial charge in [-0.15, -0.1) is 0 Å². The van der Waals surface area contributed by atoms with Crippen LogP contribution in [0.5, 0.6) is 0 Å². The first-order valence-corrected chi connectivity index (χ1v) is 6.29. The normalized spacial score (nSPS) is 12.2. The fourth-order valence-electron chi connectivity index (χ4n) is 1.55. The van der Waals surface area contributed by atoms with Crippen molar-refractivity contribution < 1.29 is 14.7 Å². The van der Waals surface area contributed by atoms with Crippen LogP contribution in [0.3, 0.4) is 0 Å². The largest absolute Gasteiger partial charge is 0.480 e. The molecule has 7 nitrogen and oxygen atoms in total. The lowest BCUT2D eigenvalue weighted by Crippen LogP contribution is -2.42. The van der Waals surface area contributed by atoms with Crippen LogP contribution < -0.4 is 10.6 Å². The SMILES string of the molecule is CCC[C@H](NC(=O)Nc1ccn(C(C)C)n1)C(=O)O. The van der Waals surface area contributed by atoms with Gasteiger partial charge in [0.05, 0.1) is 0 Å². The first-order chi connectivity index (χ1) is 8.93. The monoisotopic (exact) mass is 268 g/mol. The van der Waals surface area contributed by atoms with Crippen molar-refractivity contribution in [2.75, 3.05) is 5.32 Å². The Bertz CT molecular complexity index is 442. The van der Waals surface area contributed by atoms with E-state index in [1.807, 2.05) is 20.8 Å². The number of carboxylic acid groups (broad SMARTS) is 1. The zero-order valence-electron chi connectivity index (χ0n) is 11.4. The van der Waals surface area contributed by atoms with Gasteiger partial charge in [0.25, 0.3) is 0 Å². The molecule has 3 N–H and O–H groups in total. The lowest BCUT2D eigenvalue weighted by atomic mass is 10.2. The Morgan fingerprint density at radius 2 is 2.16 bits per heavy atom. The van der Waals surface area contributed by atoms with E-state index in [-0.39, 0.29) is 6.04 Å². The lowest BCUT2D eigenvalue weighted by molar-refractivity contribution is -0.139. The highest BCUT2D eigenvalue weighted by Crippen LogP contribution is 2.08. The number of aliphatic carboxylic acids is 1. The van der Waals surface area contributed by atoms with Crippen LogP contribution in [0.1, 0.15) is 39.7 Å². The summed E-state index contributed by atoms with van der Waals surface area (Å²) in [5.74, 6) is -0.642. The maximum absolute atomic E-state index is 11.6. The van der Waals surface area contributed by atoms with E-state index in [1.165, 1.54) is 0 Å². The van der Waals surface area contributed by atoms with Gasteiger partial charge in [-0.05, 0) is 20.3 Å². The molecular weight excluding hydrogens is 248 g/mol. The predicted octanol–water partition coefficient (Wildman–Crippen LogP) is 1.84. The number of urea groups is 1. The Hall–Kier alpha value is -2.05. The third kappa shape index (κ3) is 4.61. The lowest BCUT2D eigenvalue weighted by Gasteiger charge is -2.13. The average molecular weight is 268 g/mol. The summed E-state index contributed by atoms with van der Waals surface area (Å²) < 4.78 is 1.70. The van der Waals surface area contributed by atoms with Crippen LogP contribution in [0.4, 0.5) is 10.6 Å². The van der Waals surface area contributed by atoms with Gasteiger partial charge < -0.3 is 10.4 Å². The van der Waals surface area contributed by atoms with Crippen molar-refractivity contribution in [2.24, 2.45) is 0 Å². The molecule has 1 atom stereocenters. The highest BCUT2D eigenvalue weighted by atomic mass is 16.4. The molecule has 0 saturated carbocycles. The molecule has 0 unspecified atom stereocenters. The molecule has 0 aromatic carbocycles. The third-order valence-corrected chi connectivity index (χ3v) is 2.56. The average Bonchev–Trinajstić information content (AvgIpc) is 2.76. The van der Waals surface area contributed by atoms with Crippen molar-refractivity contribution in [2.45, 2.75) is 45.7 Å². The van der Waals surface area contributed by atoms with Gasteiger partial charge in [0, 0.05) is 18.3 Å². The van der Waals surface area contributed by atoms with E-state index in [4.69, 9.17) is 5.11 Å². The Kier molecular flexibility index (Phi) is 5.35. The topological polar surface area (TPSA) is 96.3 Å². The van der Waals surface area contributed by atoms with E-state index in [0.29, 0.717) is 18.7 Å². The molecule has 0 saturated heterocycles. The molecule has 0 bridgehead atoms. The molecule has 0 aliphatic heterocycles. The summed E-state index contributed by atoms with van der Waals surface area (Å²) in [6.07, 6.45) is 2.82. The second-order valence-corrected chi connectivity index (χ2v) is 4.55. The number of amides is 2. The van der Waals surface area contributed by atoms with Crippen LogP contribution in [0.25, 0.3) is 0 Å². The Morgan fingerprint density at radius 3 is 2.63 bits per heavy atom. The highest BCUT2D eigenvalue weighted by Gasteiger charge is 2.19. The van der Waals surface area contributed by atoms with Crippen LogP contribution in [0.15, 0.2) is 12.3 Å². The minimum Gasteiger partial charge on any atom is -0.480 e. The molecular formula is C12H20N4O3. The molecule has 0 aliphatic carbocycles. The molecule has 106 valence electrons. The number of anilines is 1. The van der Waals surface area contributed by atoms with Crippen LogP contribution in [-0.2, 0) is 4.79 Å². The minimum atomic E-state index is -1.04. The van der Waals surface area contributed by atoms with Crippen molar-refractivity contribution in [3.05, 3.63) is 12.3 Å². The molecule has 1 aromatic heterocycles. The van der Waals surface area contributed by atoms with Crippen molar-refractivity contribution in [1.29, 1.82) is 0 Å². The number of nitrogens with zero attached hydrogens (tertiary/aromatic N) is 2. The molecule has 1 heterocycles. The molecule has 0 fully saturated rings. The summed E-state index contributed by atoms with van der Waals surface area (Å²) in [7, 11) is 0. The van der Waals surface area contributed by atoms with Crippen molar-refractivity contribution in [1.82, 2.24) is 15.1 Å². The summed E-state index contributed by atoms with van der Waals surface area (Å²) >= 11 is 0. The van der Waals surface area contributed by atoms with Crippen LogP contribution >= 0.6 is 0 Å². The number of carboxylic acids is 1. The first kappa shape index (κ1) is 15.0. The maximum atomic E-state index is 11.6. The molecule has 0 aliphatic rings. The Morgan fingerprint density at radius 1 is 1.47 bits per heavy atom. The quantitative estimate of drug-likeness (QED) is 0.733. The highest BCUT2D eigenvalue weighted by molar-refractivity contribution is 5.91. The second kappa shape index (κ2) is 6.77. The summed E-state index contributed by atoms with van der Waals surface area (Å²) in [5.41, 5.74) is 0. The van der Waals surface area contributed by atoms with E-state index in [2.05, 4.69) is 15.7 Å².